The highest BCUT2D eigenvalue weighted by Gasteiger charge is 2.37. The highest BCUT2D eigenvalue weighted by Crippen LogP contribution is 2.39. The summed E-state index contributed by atoms with van der Waals surface area (Å²) in [6, 6.07) is 6.59. The summed E-state index contributed by atoms with van der Waals surface area (Å²) in [4.78, 5) is 13.4. The summed E-state index contributed by atoms with van der Waals surface area (Å²) in [5.41, 5.74) is 1.05. The molecule has 1 aliphatic heterocycles. The molecule has 19 heavy (non-hydrogen) atoms. The van der Waals surface area contributed by atoms with Gasteiger partial charge in [0.05, 0.1) is 5.92 Å². The molecule has 1 saturated heterocycles. The van der Waals surface area contributed by atoms with Crippen LogP contribution >= 0.6 is 0 Å². The topological polar surface area (TPSA) is 40.5 Å². The number of carbonyl (C=O) groups is 1. The van der Waals surface area contributed by atoms with Crippen LogP contribution in [-0.2, 0) is 4.79 Å². The number of carboxylic acids is 1. The zero-order chi connectivity index (χ0) is 13.4. The first-order valence-corrected chi connectivity index (χ1v) is 6.85. The zero-order valence-electron chi connectivity index (χ0n) is 10.8. The van der Waals surface area contributed by atoms with Crippen LogP contribution in [-0.4, -0.2) is 24.2 Å². The van der Waals surface area contributed by atoms with E-state index in [1.54, 1.807) is 0 Å². The van der Waals surface area contributed by atoms with Gasteiger partial charge in [-0.25, -0.2) is 4.39 Å². The van der Waals surface area contributed by atoms with Gasteiger partial charge in [0.2, 0.25) is 0 Å². The molecule has 2 bridgehead atoms. The number of rotatable bonds is 2. The molecule has 0 spiro atoms. The predicted molar refractivity (Wildman–Crippen MR) is 70.6 cm³/mol. The lowest BCUT2D eigenvalue weighted by Crippen LogP contribution is -2.45. The summed E-state index contributed by atoms with van der Waals surface area (Å²) < 4.78 is 12.9. The van der Waals surface area contributed by atoms with Crippen LogP contribution in [0, 0.1) is 23.6 Å². The van der Waals surface area contributed by atoms with E-state index in [2.05, 4.69) is 4.90 Å². The number of carboxylic acid groups (broad SMARTS) is 1. The molecular weight excluding hydrogens is 245 g/mol. The number of piperidine rings is 1. The van der Waals surface area contributed by atoms with Gasteiger partial charge in [0, 0.05) is 18.8 Å². The number of hydrogen-bond acceptors (Lipinski definition) is 2. The van der Waals surface area contributed by atoms with Gasteiger partial charge in [-0.3, -0.25) is 4.79 Å². The molecule has 4 heteroatoms. The summed E-state index contributed by atoms with van der Waals surface area (Å²) in [7, 11) is 0. The van der Waals surface area contributed by atoms with E-state index in [0.29, 0.717) is 11.8 Å². The van der Waals surface area contributed by atoms with Crippen LogP contribution in [0.25, 0.3) is 0 Å². The quantitative estimate of drug-likeness (QED) is 0.892. The SMILES string of the molecule is O=C(O)C1CC2CC(C1)CN(c1ccc(F)cc1)C2. The molecule has 1 aromatic rings. The minimum atomic E-state index is -0.648. The van der Waals surface area contributed by atoms with Crippen LogP contribution < -0.4 is 4.90 Å². The molecule has 0 amide bonds. The highest BCUT2D eigenvalue weighted by molar-refractivity contribution is 5.70. The van der Waals surface area contributed by atoms with Crippen molar-refractivity contribution in [1.29, 1.82) is 0 Å². The molecule has 102 valence electrons. The number of anilines is 1. The number of fused-ring (bicyclic) bond motifs is 2. The molecule has 2 unspecified atom stereocenters. The fourth-order valence-corrected chi connectivity index (χ4v) is 3.63. The second-order valence-corrected chi connectivity index (χ2v) is 5.86. The van der Waals surface area contributed by atoms with E-state index in [-0.39, 0.29) is 11.7 Å². The van der Waals surface area contributed by atoms with Gasteiger partial charge in [0.25, 0.3) is 0 Å². The summed E-state index contributed by atoms with van der Waals surface area (Å²) in [5.74, 6) is -0.117. The van der Waals surface area contributed by atoms with Crippen LogP contribution in [0.2, 0.25) is 0 Å². The lowest BCUT2D eigenvalue weighted by Gasteiger charge is -2.44. The van der Waals surface area contributed by atoms with Crippen molar-refractivity contribution >= 4 is 11.7 Å². The Hall–Kier alpha value is -1.58. The molecular formula is C15H18FNO2. The van der Waals surface area contributed by atoms with Crippen molar-refractivity contribution in [1.82, 2.24) is 0 Å². The smallest absolute Gasteiger partial charge is 0.306 e. The molecule has 2 aliphatic rings. The standard InChI is InChI=1S/C15H18FNO2/c16-13-1-3-14(4-2-13)17-8-10-5-11(9-17)7-12(6-10)15(18)19/h1-4,10-12H,5-9H2,(H,18,19). The molecule has 3 nitrogen and oxygen atoms in total. The molecule has 1 aliphatic carbocycles. The minimum Gasteiger partial charge on any atom is -0.481 e. The summed E-state index contributed by atoms with van der Waals surface area (Å²) in [6.45, 7) is 1.79. The van der Waals surface area contributed by atoms with Crippen LogP contribution in [0.4, 0.5) is 10.1 Å². The fraction of sp³-hybridized carbons (Fsp3) is 0.533. The molecule has 1 N–H and O–H groups in total. The largest absolute Gasteiger partial charge is 0.481 e. The fourth-order valence-electron chi connectivity index (χ4n) is 3.63. The Morgan fingerprint density at radius 2 is 1.68 bits per heavy atom. The van der Waals surface area contributed by atoms with Gasteiger partial charge in [-0.15, -0.1) is 0 Å². The van der Waals surface area contributed by atoms with Gasteiger partial charge in [-0.05, 0) is 55.4 Å². The van der Waals surface area contributed by atoms with Gasteiger partial charge in [-0.2, -0.15) is 0 Å². The van der Waals surface area contributed by atoms with Crippen molar-refractivity contribution in [3.8, 4) is 0 Å². The molecule has 1 heterocycles. The highest BCUT2D eigenvalue weighted by atomic mass is 19.1. The van der Waals surface area contributed by atoms with E-state index in [9.17, 15) is 9.18 Å². The minimum absolute atomic E-state index is 0.167. The Balaban J connectivity index is 1.72. The third-order valence-electron chi connectivity index (χ3n) is 4.40. The van der Waals surface area contributed by atoms with Gasteiger partial charge in [0.1, 0.15) is 5.82 Å². The van der Waals surface area contributed by atoms with Gasteiger partial charge in [0.15, 0.2) is 0 Å². The van der Waals surface area contributed by atoms with E-state index >= 15 is 0 Å². The first kappa shape index (κ1) is 12.5. The summed E-state index contributed by atoms with van der Waals surface area (Å²) in [5, 5.41) is 9.15. The monoisotopic (exact) mass is 263 g/mol. The first-order chi connectivity index (χ1) is 9.11. The van der Waals surface area contributed by atoms with Crippen molar-refractivity contribution in [3.05, 3.63) is 30.1 Å². The van der Waals surface area contributed by atoms with Crippen molar-refractivity contribution < 1.29 is 14.3 Å². The Morgan fingerprint density at radius 1 is 1.11 bits per heavy atom. The van der Waals surface area contributed by atoms with E-state index in [1.165, 1.54) is 12.1 Å². The Morgan fingerprint density at radius 3 is 2.21 bits per heavy atom. The molecule has 1 saturated carbocycles. The molecule has 2 atom stereocenters. The van der Waals surface area contributed by atoms with E-state index in [4.69, 9.17) is 5.11 Å². The second kappa shape index (κ2) is 4.83. The van der Waals surface area contributed by atoms with E-state index < -0.39 is 5.97 Å². The average Bonchev–Trinajstić information content (AvgIpc) is 2.38. The van der Waals surface area contributed by atoms with Gasteiger partial charge in [-0.1, -0.05) is 0 Å². The molecule has 1 aromatic carbocycles. The van der Waals surface area contributed by atoms with Crippen LogP contribution in [0.3, 0.4) is 0 Å². The first-order valence-electron chi connectivity index (χ1n) is 6.85. The number of benzene rings is 1. The summed E-state index contributed by atoms with van der Waals surface area (Å²) >= 11 is 0. The lowest BCUT2D eigenvalue weighted by atomic mass is 9.72. The number of hydrogen-bond donors (Lipinski definition) is 1. The summed E-state index contributed by atoms with van der Waals surface area (Å²) in [6.07, 6.45) is 2.70. The van der Waals surface area contributed by atoms with E-state index in [0.717, 1.165) is 38.0 Å². The van der Waals surface area contributed by atoms with Crippen LogP contribution in [0.15, 0.2) is 24.3 Å². The third-order valence-corrected chi connectivity index (χ3v) is 4.40. The van der Waals surface area contributed by atoms with Crippen LogP contribution in [0.5, 0.6) is 0 Å². The molecule has 3 rings (SSSR count). The van der Waals surface area contributed by atoms with Crippen LogP contribution in [0.1, 0.15) is 19.3 Å². The Bertz CT molecular complexity index is 460. The van der Waals surface area contributed by atoms with Crippen molar-refractivity contribution in [2.75, 3.05) is 18.0 Å². The maximum Gasteiger partial charge on any atom is 0.306 e. The number of halogens is 1. The van der Waals surface area contributed by atoms with Crippen molar-refractivity contribution in [2.24, 2.45) is 17.8 Å². The third kappa shape index (κ3) is 2.57. The maximum atomic E-state index is 12.9. The second-order valence-electron chi connectivity index (χ2n) is 5.86. The Kier molecular flexibility index (Phi) is 3.17. The lowest BCUT2D eigenvalue weighted by molar-refractivity contribution is -0.144. The predicted octanol–water partition coefficient (Wildman–Crippen LogP) is 2.76. The maximum absolute atomic E-state index is 12.9. The number of aliphatic carboxylic acids is 1. The number of nitrogens with zero attached hydrogens (tertiary/aromatic N) is 1. The normalized spacial score (nSPS) is 30.2. The van der Waals surface area contributed by atoms with Gasteiger partial charge < -0.3 is 10.0 Å². The van der Waals surface area contributed by atoms with E-state index in [1.807, 2.05) is 12.1 Å². The zero-order valence-corrected chi connectivity index (χ0v) is 10.8. The van der Waals surface area contributed by atoms with Gasteiger partial charge >= 0.3 is 5.97 Å². The molecule has 0 aromatic heterocycles. The molecule has 2 fully saturated rings. The molecule has 0 radical (unpaired) electrons. The Labute approximate surface area is 112 Å². The van der Waals surface area contributed by atoms with Crippen molar-refractivity contribution in [3.63, 3.8) is 0 Å². The van der Waals surface area contributed by atoms with Crippen molar-refractivity contribution in [2.45, 2.75) is 19.3 Å². The average molecular weight is 263 g/mol.